The number of ether oxygens (including phenoxy) is 2. The third kappa shape index (κ3) is 4.60. The van der Waals surface area contributed by atoms with E-state index in [0.29, 0.717) is 42.4 Å². The van der Waals surface area contributed by atoms with Crippen LogP contribution in [0.5, 0.6) is 11.5 Å². The highest BCUT2D eigenvalue weighted by molar-refractivity contribution is 5.91. The van der Waals surface area contributed by atoms with Crippen molar-refractivity contribution in [2.45, 2.75) is 13.0 Å². The van der Waals surface area contributed by atoms with E-state index in [9.17, 15) is 9.18 Å². The van der Waals surface area contributed by atoms with Gasteiger partial charge in [0, 0.05) is 13.1 Å². The highest BCUT2D eigenvalue weighted by atomic mass is 19.1. The van der Waals surface area contributed by atoms with Gasteiger partial charge in [-0.05, 0) is 35.7 Å². The van der Waals surface area contributed by atoms with E-state index in [1.165, 1.54) is 18.5 Å². The number of rotatable bonds is 7. The van der Waals surface area contributed by atoms with Gasteiger partial charge < -0.3 is 20.1 Å². The molecule has 4 rings (SSSR count). The van der Waals surface area contributed by atoms with Gasteiger partial charge in [0.05, 0.1) is 12.4 Å². The molecule has 0 saturated heterocycles. The molecule has 8 heteroatoms. The van der Waals surface area contributed by atoms with E-state index in [-0.39, 0.29) is 24.2 Å². The number of amides is 1. The summed E-state index contributed by atoms with van der Waals surface area (Å²) in [5.41, 5.74) is 1.74. The average molecular weight is 394 g/mol. The summed E-state index contributed by atoms with van der Waals surface area (Å²) in [6, 6.07) is 12.1. The van der Waals surface area contributed by atoms with Crippen LogP contribution in [0.1, 0.15) is 21.6 Å². The Hall–Kier alpha value is -3.68. The average Bonchev–Trinajstić information content (AvgIpc) is 3.22. The summed E-state index contributed by atoms with van der Waals surface area (Å²) in [5, 5.41) is 5.87. The molecule has 2 N–H and O–H groups in total. The first kappa shape index (κ1) is 18.7. The molecular weight excluding hydrogens is 375 g/mol. The van der Waals surface area contributed by atoms with E-state index in [1.807, 2.05) is 18.2 Å². The summed E-state index contributed by atoms with van der Waals surface area (Å²) in [5.74, 6) is 1.34. The summed E-state index contributed by atoms with van der Waals surface area (Å²) in [6.07, 6.45) is 3.41. The second kappa shape index (κ2) is 8.55. The third-order valence-electron chi connectivity index (χ3n) is 4.43. The summed E-state index contributed by atoms with van der Waals surface area (Å²) in [7, 11) is 0. The third-order valence-corrected chi connectivity index (χ3v) is 4.43. The zero-order valence-electron chi connectivity index (χ0n) is 15.5. The summed E-state index contributed by atoms with van der Waals surface area (Å²) in [4.78, 5) is 20.6. The topological polar surface area (TPSA) is 85.4 Å². The lowest BCUT2D eigenvalue weighted by Gasteiger charge is -2.08. The molecule has 2 heterocycles. The lowest BCUT2D eigenvalue weighted by molar-refractivity contribution is 0.0945. The van der Waals surface area contributed by atoms with E-state index < -0.39 is 0 Å². The first-order chi connectivity index (χ1) is 14.2. The minimum absolute atomic E-state index is 0.210. The Morgan fingerprint density at radius 2 is 1.93 bits per heavy atom. The second-order valence-electron chi connectivity index (χ2n) is 6.43. The molecule has 0 aliphatic carbocycles. The minimum Gasteiger partial charge on any atom is -0.454 e. The molecule has 0 spiro atoms. The molecule has 1 aliphatic heterocycles. The van der Waals surface area contributed by atoms with Gasteiger partial charge >= 0.3 is 0 Å². The summed E-state index contributed by atoms with van der Waals surface area (Å²) < 4.78 is 24.2. The van der Waals surface area contributed by atoms with Gasteiger partial charge in [-0.2, -0.15) is 0 Å². The van der Waals surface area contributed by atoms with Gasteiger partial charge in [0.15, 0.2) is 11.5 Å². The number of carbonyl (C=O) groups excluding carboxylic acids is 1. The zero-order valence-corrected chi connectivity index (χ0v) is 15.5. The van der Waals surface area contributed by atoms with Crippen LogP contribution in [0.4, 0.5) is 10.2 Å². The van der Waals surface area contributed by atoms with E-state index in [1.54, 1.807) is 18.2 Å². The van der Waals surface area contributed by atoms with Crippen LogP contribution in [0.2, 0.25) is 0 Å². The highest BCUT2D eigenvalue weighted by Crippen LogP contribution is 2.32. The molecule has 1 aromatic heterocycles. The van der Waals surface area contributed by atoms with Crippen LogP contribution < -0.4 is 20.1 Å². The molecule has 0 bridgehead atoms. The number of benzene rings is 2. The molecule has 1 amide bonds. The molecule has 0 fully saturated rings. The fraction of sp³-hybridized carbons (Fsp3) is 0.190. The van der Waals surface area contributed by atoms with Crippen molar-refractivity contribution < 1.29 is 18.7 Å². The van der Waals surface area contributed by atoms with Crippen LogP contribution >= 0.6 is 0 Å². The number of anilines is 1. The normalized spacial score (nSPS) is 11.9. The first-order valence-electron chi connectivity index (χ1n) is 9.15. The molecule has 3 aromatic rings. The smallest absolute Gasteiger partial charge is 0.271 e. The van der Waals surface area contributed by atoms with Gasteiger partial charge in [-0.1, -0.05) is 24.3 Å². The largest absolute Gasteiger partial charge is 0.454 e. The Labute approximate surface area is 166 Å². The molecule has 0 atom stereocenters. The van der Waals surface area contributed by atoms with Crippen LogP contribution in [0.15, 0.2) is 54.9 Å². The van der Waals surface area contributed by atoms with Crippen LogP contribution in [0, 0.1) is 5.82 Å². The molecule has 7 nitrogen and oxygen atoms in total. The van der Waals surface area contributed by atoms with Crippen molar-refractivity contribution in [3.05, 3.63) is 77.5 Å². The van der Waals surface area contributed by atoms with E-state index >= 15 is 0 Å². The number of fused-ring (bicyclic) bond motifs is 1. The van der Waals surface area contributed by atoms with Gasteiger partial charge in [-0.15, -0.1) is 0 Å². The van der Waals surface area contributed by atoms with Crippen LogP contribution in [0.25, 0.3) is 0 Å². The van der Waals surface area contributed by atoms with Crippen molar-refractivity contribution in [3.63, 3.8) is 0 Å². The van der Waals surface area contributed by atoms with Gasteiger partial charge in [0.25, 0.3) is 5.91 Å². The number of halogens is 1. The Balaban J connectivity index is 1.27. The maximum absolute atomic E-state index is 13.6. The second-order valence-corrected chi connectivity index (χ2v) is 6.43. The fourth-order valence-corrected chi connectivity index (χ4v) is 2.89. The highest BCUT2D eigenvalue weighted by Gasteiger charge is 2.14. The number of carbonyl (C=O) groups is 1. The molecule has 2 aromatic carbocycles. The number of hydrogen-bond donors (Lipinski definition) is 2. The lowest BCUT2D eigenvalue weighted by Crippen LogP contribution is -2.24. The Morgan fingerprint density at radius 3 is 2.76 bits per heavy atom. The monoisotopic (exact) mass is 394 g/mol. The van der Waals surface area contributed by atoms with Gasteiger partial charge in [-0.25, -0.2) is 14.4 Å². The van der Waals surface area contributed by atoms with Crippen molar-refractivity contribution >= 4 is 11.7 Å². The predicted octanol–water partition coefficient (Wildman–Crippen LogP) is 2.93. The predicted molar refractivity (Wildman–Crippen MR) is 104 cm³/mol. The minimum atomic E-state index is -0.326. The van der Waals surface area contributed by atoms with E-state index in [2.05, 4.69) is 20.6 Å². The summed E-state index contributed by atoms with van der Waals surface area (Å²) in [6.45, 7) is 1.05. The zero-order chi connectivity index (χ0) is 20.1. The maximum Gasteiger partial charge on any atom is 0.271 e. The van der Waals surface area contributed by atoms with Gasteiger partial charge in [-0.3, -0.25) is 4.79 Å². The molecule has 0 unspecified atom stereocenters. The Morgan fingerprint density at radius 1 is 1.07 bits per heavy atom. The number of hydrogen-bond acceptors (Lipinski definition) is 6. The summed E-state index contributed by atoms with van der Waals surface area (Å²) >= 11 is 0. The lowest BCUT2D eigenvalue weighted by atomic mass is 10.1. The van der Waals surface area contributed by atoms with E-state index in [0.717, 1.165) is 5.56 Å². The molecule has 1 aliphatic rings. The van der Waals surface area contributed by atoms with Crippen molar-refractivity contribution in [2.75, 3.05) is 18.7 Å². The Bertz CT molecular complexity index is 1010. The van der Waals surface area contributed by atoms with E-state index in [4.69, 9.17) is 9.47 Å². The van der Waals surface area contributed by atoms with Crippen LogP contribution in [-0.2, 0) is 13.0 Å². The number of nitrogens with zero attached hydrogens (tertiary/aromatic N) is 2. The molecule has 0 saturated carbocycles. The molecule has 0 radical (unpaired) electrons. The SMILES string of the molecule is O=C(NCc1ccc2c(c1)OCO2)c1cnc(NCCc2ccccc2F)cn1. The molecule has 29 heavy (non-hydrogen) atoms. The van der Waals surface area contributed by atoms with Crippen LogP contribution in [-0.4, -0.2) is 29.2 Å². The van der Waals surface area contributed by atoms with Crippen molar-refractivity contribution in [1.82, 2.24) is 15.3 Å². The molecular formula is C21H19FN4O3. The standard InChI is InChI=1S/C21H19FN4O3/c22-16-4-2-1-3-15(16)7-8-23-20-12-24-17(11-25-20)21(27)26-10-14-5-6-18-19(9-14)29-13-28-18/h1-6,9,11-12H,7-8,10,13H2,(H,23,25)(H,26,27). The maximum atomic E-state index is 13.6. The fourth-order valence-electron chi connectivity index (χ4n) is 2.89. The Kier molecular flexibility index (Phi) is 5.51. The van der Waals surface area contributed by atoms with Crippen molar-refractivity contribution in [1.29, 1.82) is 0 Å². The number of aromatic nitrogens is 2. The van der Waals surface area contributed by atoms with Crippen molar-refractivity contribution in [2.24, 2.45) is 0 Å². The quantitative estimate of drug-likeness (QED) is 0.641. The van der Waals surface area contributed by atoms with Crippen LogP contribution in [0.3, 0.4) is 0 Å². The van der Waals surface area contributed by atoms with Gasteiger partial charge in [0.2, 0.25) is 6.79 Å². The molecule has 148 valence electrons. The van der Waals surface area contributed by atoms with Crippen molar-refractivity contribution in [3.8, 4) is 11.5 Å². The van der Waals surface area contributed by atoms with Gasteiger partial charge in [0.1, 0.15) is 17.3 Å². The first-order valence-corrected chi connectivity index (χ1v) is 9.15. The number of nitrogens with one attached hydrogen (secondary N) is 2.